The van der Waals surface area contributed by atoms with Crippen LogP contribution >= 0.6 is 11.3 Å². The molecule has 1 atom stereocenters. The maximum atomic E-state index is 13.1. The normalized spacial score (nSPS) is 14.6. The molecule has 1 amide bonds. The number of allylic oxidation sites excluding steroid dienone is 1. The molecule has 0 saturated heterocycles. The van der Waals surface area contributed by atoms with E-state index < -0.39 is 0 Å². The predicted octanol–water partition coefficient (Wildman–Crippen LogP) is 8.98. The molecule has 0 saturated carbocycles. The van der Waals surface area contributed by atoms with Crippen molar-refractivity contribution in [2.45, 2.75) is 25.8 Å². The largest absolute Gasteiger partial charge is 0.397 e. The van der Waals surface area contributed by atoms with Crippen molar-refractivity contribution in [2.75, 3.05) is 21.7 Å². The molecule has 6 nitrogen and oxygen atoms in total. The van der Waals surface area contributed by atoms with Gasteiger partial charge in [0.15, 0.2) is 0 Å². The van der Waals surface area contributed by atoms with E-state index in [0.29, 0.717) is 12.1 Å². The smallest absolute Gasteiger partial charge is 0.247 e. The number of anilines is 4. The number of H-pyrrole nitrogens is 1. The summed E-state index contributed by atoms with van der Waals surface area (Å²) in [6, 6.07) is 32.8. The molecule has 7 heteroatoms. The number of nitrogens with one attached hydrogen (secondary N) is 4. The Balaban J connectivity index is 1.08. The SMILES string of the molecule is CC/C=C(/Nc1cc(-c2cccs2)ccc1N)c1ccc(-c2ccc3c(c2)NC(=O)C(Cc2c[nH]c4ccccc24)N3)cc1. The first-order valence-corrected chi connectivity index (χ1v) is 15.7. The van der Waals surface area contributed by atoms with Gasteiger partial charge in [-0.1, -0.05) is 73.7 Å². The monoisotopic (exact) mass is 595 g/mol. The molecular formula is C37H33N5OS. The summed E-state index contributed by atoms with van der Waals surface area (Å²) in [5.41, 5.74) is 17.2. The van der Waals surface area contributed by atoms with E-state index in [9.17, 15) is 4.79 Å². The molecular weight excluding hydrogens is 563 g/mol. The molecule has 0 spiro atoms. The van der Waals surface area contributed by atoms with E-state index in [1.807, 2.05) is 36.5 Å². The number of fused-ring (bicyclic) bond motifs is 2. The number of hydrogen-bond donors (Lipinski definition) is 5. The molecule has 1 aliphatic heterocycles. The number of aromatic amines is 1. The molecule has 4 aromatic carbocycles. The Morgan fingerprint density at radius 1 is 0.909 bits per heavy atom. The molecule has 1 unspecified atom stereocenters. The highest BCUT2D eigenvalue weighted by Gasteiger charge is 2.26. The van der Waals surface area contributed by atoms with Gasteiger partial charge in [-0.15, -0.1) is 11.3 Å². The lowest BCUT2D eigenvalue weighted by atomic mass is 9.98. The van der Waals surface area contributed by atoms with Crippen LogP contribution in [0, 0.1) is 0 Å². The fourth-order valence-electron chi connectivity index (χ4n) is 5.78. The van der Waals surface area contributed by atoms with Crippen LogP contribution in [0.2, 0.25) is 0 Å². The van der Waals surface area contributed by atoms with Gasteiger partial charge in [0, 0.05) is 34.1 Å². The quantitative estimate of drug-likeness (QED) is 0.114. The lowest BCUT2D eigenvalue weighted by Gasteiger charge is -2.27. The molecule has 0 radical (unpaired) electrons. The minimum Gasteiger partial charge on any atom is -0.397 e. The first kappa shape index (κ1) is 27.6. The summed E-state index contributed by atoms with van der Waals surface area (Å²) in [6.45, 7) is 2.13. The predicted molar refractivity (Wildman–Crippen MR) is 186 cm³/mol. The Kier molecular flexibility index (Phi) is 7.38. The highest BCUT2D eigenvalue weighted by Crippen LogP contribution is 2.35. The number of hydrogen-bond acceptors (Lipinski definition) is 5. The molecule has 2 aromatic heterocycles. The van der Waals surface area contributed by atoms with Gasteiger partial charge in [0.05, 0.1) is 22.7 Å². The molecule has 0 bridgehead atoms. The second-order valence-corrected chi connectivity index (χ2v) is 12.0. The van der Waals surface area contributed by atoms with Crippen LogP contribution in [0.1, 0.15) is 24.5 Å². The van der Waals surface area contributed by atoms with Gasteiger partial charge in [0.2, 0.25) is 5.91 Å². The van der Waals surface area contributed by atoms with Crippen LogP contribution in [-0.2, 0) is 11.2 Å². The minimum absolute atomic E-state index is 0.0295. The maximum Gasteiger partial charge on any atom is 0.247 e. The van der Waals surface area contributed by atoms with E-state index in [0.717, 1.165) is 67.9 Å². The van der Waals surface area contributed by atoms with E-state index in [-0.39, 0.29) is 11.9 Å². The molecule has 7 rings (SSSR count). The molecule has 44 heavy (non-hydrogen) atoms. The van der Waals surface area contributed by atoms with Gasteiger partial charge in [-0.3, -0.25) is 4.79 Å². The van der Waals surface area contributed by atoms with Crippen LogP contribution in [0.4, 0.5) is 22.7 Å². The van der Waals surface area contributed by atoms with Gasteiger partial charge < -0.3 is 26.7 Å². The zero-order chi connectivity index (χ0) is 30.0. The summed E-state index contributed by atoms with van der Waals surface area (Å²) in [7, 11) is 0. The van der Waals surface area contributed by atoms with E-state index >= 15 is 0 Å². The average molecular weight is 596 g/mol. The topological polar surface area (TPSA) is 95.0 Å². The third-order valence-corrected chi connectivity index (χ3v) is 9.01. The first-order chi connectivity index (χ1) is 21.6. The van der Waals surface area contributed by atoms with Gasteiger partial charge in [0.25, 0.3) is 0 Å². The Bertz CT molecular complexity index is 1990. The number of rotatable bonds is 8. The number of thiophene rings is 1. The number of para-hydroxylation sites is 1. The second kappa shape index (κ2) is 11.8. The standard InChI is InChI=1S/C37H33N5OS/c1-2-6-30(40-33-20-26(14-16-29(33)38)36-9-5-18-44-36)24-12-10-23(11-13-24)25-15-17-32-34(19-25)42-37(43)35(41-32)21-27-22-39-31-8-4-3-7-28(27)31/h3-20,22,35,39-41H,2,21,38H2,1H3,(H,42,43)/b30-6+. The Morgan fingerprint density at radius 3 is 2.55 bits per heavy atom. The number of aromatic nitrogens is 1. The molecule has 0 fully saturated rings. The molecule has 1 aliphatic rings. The van der Waals surface area contributed by atoms with Gasteiger partial charge in [-0.25, -0.2) is 0 Å². The fraction of sp³-hybridized carbons (Fsp3) is 0.108. The number of benzene rings is 4. The van der Waals surface area contributed by atoms with Crippen LogP contribution in [0.5, 0.6) is 0 Å². The number of carbonyl (C=O) groups excluding carboxylic acids is 1. The second-order valence-electron chi connectivity index (χ2n) is 11.0. The zero-order valence-corrected chi connectivity index (χ0v) is 25.2. The molecule has 218 valence electrons. The Labute approximate surface area is 260 Å². The van der Waals surface area contributed by atoms with Crippen molar-refractivity contribution in [3.63, 3.8) is 0 Å². The van der Waals surface area contributed by atoms with Crippen LogP contribution in [0.15, 0.2) is 115 Å². The summed E-state index contributed by atoms with van der Waals surface area (Å²) in [4.78, 5) is 17.6. The first-order valence-electron chi connectivity index (χ1n) is 14.8. The van der Waals surface area contributed by atoms with Crippen molar-refractivity contribution in [3.05, 3.63) is 126 Å². The van der Waals surface area contributed by atoms with Gasteiger partial charge in [-0.2, -0.15) is 0 Å². The van der Waals surface area contributed by atoms with Crippen molar-refractivity contribution in [2.24, 2.45) is 0 Å². The van der Waals surface area contributed by atoms with Crippen LogP contribution in [0.25, 0.3) is 38.2 Å². The van der Waals surface area contributed by atoms with Gasteiger partial charge in [0.1, 0.15) is 6.04 Å². The minimum atomic E-state index is -0.344. The number of amides is 1. The molecule has 6 aromatic rings. The fourth-order valence-corrected chi connectivity index (χ4v) is 6.51. The highest BCUT2D eigenvalue weighted by atomic mass is 32.1. The molecule has 3 heterocycles. The Morgan fingerprint density at radius 2 is 1.73 bits per heavy atom. The number of nitrogens with two attached hydrogens (primary N) is 1. The number of nitrogen functional groups attached to an aromatic ring is 1. The summed E-state index contributed by atoms with van der Waals surface area (Å²) in [6.07, 6.45) is 5.66. The third kappa shape index (κ3) is 5.45. The van der Waals surface area contributed by atoms with E-state index in [4.69, 9.17) is 5.73 Å². The van der Waals surface area contributed by atoms with Gasteiger partial charge in [-0.05, 0) is 76.0 Å². The summed E-state index contributed by atoms with van der Waals surface area (Å²) >= 11 is 1.71. The lowest BCUT2D eigenvalue weighted by molar-refractivity contribution is -0.117. The summed E-state index contributed by atoms with van der Waals surface area (Å²) in [5.74, 6) is -0.0295. The highest BCUT2D eigenvalue weighted by molar-refractivity contribution is 7.13. The zero-order valence-electron chi connectivity index (χ0n) is 24.4. The van der Waals surface area contributed by atoms with Gasteiger partial charge >= 0.3 is 0 Å². The summed E-state index contributed by atoms with van der Waals surface area (Å²) < 4.78 is 0. The number of carbonyl (C=O) groups is 1. The third-order valence-electron chi connectivity index (χ3n) is 8.09. The average Bonchev–Trinajstić information content (AvgIpc) is 3.73. The lowest BCUT2D eigenvalue weighted by Crippen LogP contribution is -2.40. The van der Waals surface area contributed by atoms with Crippen LogP contribution < -0.4 is 21.7 Å². The van der Waals surface area contributed by atoms with Crippen molar-refractivity contribution < 1.29 is 4.79 Å². The Hall–Kier alpha value is -5.27. The van der Waals surface area contributed by atoms with Crippen molar-refractivity contribution >= 4 is 56.6 Å². The van der Waals surface area contributed by atoms with E-state index in [1.54, 1.807) is 11.3 Å². The van der Waals surface area contributed by atoms with Crippen molar-refractivity contribution in [1.29, 1.82) is 0 Å². The summed E-state index contributed by atoms with van der Waals surface area (Å²) in [5, 5.41) is 13.4. The van der Waals surface area contributed by atoms with Crippen molar-refractivity contribution in [3.8, 4) is 21.6 Å². The maximum absolute atomic E-state index is 13.1. The molecule has 6 N–H and O–H groups in total. The van der Waals surface area contributed by atoms with Crippen LogP contribution in [-0.4, -0.2) is 16.9 Å². The van der Waals surface area contributed by atoms with Crippen LogP contribution in [0.3, 0.4) is 0 Å². The van der Waals surface area contributed by atoms with Crippen molar-refractivity contribution in [1.82, 2.24) is 4.98 Å². The molecule has 0 aliphatic carbocycles. The van der Waals surface area contributed by atoms with E-state index in [1.165, 1.54) is 4.88 Å². The van der Waals surface area contributed by atoms with E-state index in [2.05, 4.69) is 106 Å².